The van der Waals surface area contributed by atoms with Crippen LogP contribution in [0.2, 0.25) is 0 Å². The number of benzene rings is 1. The summed E-state index contributed by atoms with van der Waals surface area (Å²) in [6.45, 7) is 7.13. The second-order valence-corrected chi connectivity index (χ2v) is 5.62. The lowest BCUT2D eigenvalue weighted by atomic mass is 9.98. The van der Waals surface area contributed by atoms with Gasteiger partial charge in [-0.05, 0) is 37.8 Å². The lowest BCUT2D eigenvalue weighted by molar-refractivity contribution is -0.144. The molecule has 1 N–H and O–H groups in total. The van der Waals surface area contributed by atoms with Gasteiger partial charge in [-0.15, -0.1) is 0 Å². The van der Waals surface area contributed by atoms with Crippen LogP contribution in [0.25, 0.3) is 0 Å². The Morgan fingerprint density at radius 2 is 2.05 bits per heavy atom. The maximum atomic E-state index is 11.5. The highest BCUT2D eigenvalue weighted by Gasteiger charge is 2.40. The Morgan fingerprint density at radius 1 is 1.42 bits per heavy atom. The van der Waals surface area contributed by atoms with Gasteiger partial charge in [-0.25, -0.2) is 0 Å². The van der Waals surface area contributed by atoms with Crippen molar-refractivity contribution in [2.75, 3.05) is 6.54 Å². The third kappa shape index (κ3) is 2.81. The van der Waals surface area contributed by atoms with E-state index in [2.05, 4.69) is 43.0 Å². The van der Waals surface area contributed by atoms with Crippen LogP contribution >= 0.6 is 0 Å². The summed E-state index contributed by atoms with van der Waals surface area (Å²) in [6.07, 6.45) is 1.92. The molecule has 0 aromatic heterocycles. The molecule has 3 unspecified atom stereocenters. The van der Waals surface area contributed by atoms with E-state index >= 15 is 0 Å². The van der Waals surface area contributed by atoms with E-state index in [0.29, 0.717) is 0 Å². The van der Waals surface area contributed by atoms with Crippen molar-refractivity contribution in [3.8, 4) is 0 Å². The molecule has 0 saturated carbocycles. The van der Waals surface area contributed by atoms with Crippen molar-refractivity contribution in [2.45, 2.75) is 45.7 Å². The fourth-order valence-electron chi connectivity index (χ4n) is 3.16. The SMILES string of the molecule is CCC(c1ccc(C)cc1)N1CCC(C)C1C(=O)O. The largest absolute Gasteiger partial charge is 0.480 e. The zero-order valence-corrected chi connectivity index (χ0v) is 12.0. The first-order chi connectivity index (χ1) is 9.04. The molecule has 104 valence electrons. The molecule has 19 heavy (non-hydrogen) atoms. The third-order valence-electron chi connectivity index (χ3n) is 4.24. The number of likely N-dealkylation sites (tertiary alicyclic amines) is 1. The summed E-state index contributed by atoms with van der Waals surface area (Å²) < 4.78 is 0. The summed E-state index contributed by atoms with van der Waals surface area (Å²) in [5.74, 6) is -0.451. The summed E-state index contributed by atoms with van der Waals surface area (Å²) >= 11 is 0. The van der Waals surface area contributed by atoms with E-state index < -0.39 is 5.97 Å². The minimum atomic E-state index is -0.685. The van der Waals surface area contributed by atoms with Gasteiger partial charge in [0.25, 0.3) is 0 Å². The molecule has 1 saturated heterocycles. The molecule has 1 heterocycles. The molecule has 3 heteroatoms. The molecule has 1 aromatic carbocycles. The third-order valence-corrected chi connectivity index (χ3v) is 4.24. The molecule has 1 aliphatic rings. The Hall–Kier alpha value is -1.35. The average molecular weight is 261 g/mol. The summed E-state index contributed by atoms with van der Waals surface area (Å²) in [5.41, 5.74) is 2.47. The Balaban J connectivity index is 2.26. The van der Waals surface area contributed by atoms with Crippen molar-refractivity contribution < 1.29 is 9.90 Å². The maximum Gasteiger partial charge on any atom is 0.321 e. The molecular weight excluding hydrogens is 238 g/mol. The Bertz CT molecular complexity index is 441. The number of hydrogen-bond donors (Lipinski definition) is 1. The monoisotopic (exact) mass is 261 g/mol. The van der Waals surface area contributed by atoms with Crippen molar-refractivity contribution in [3.63, 3.8) is 0 Å². The quantitative estimate of drug-likeness (QED) is 0.904. The smallest absolute Gasteiger partial charge is 0.321 e. The number of carbonyl (C=O) groups is 1. The van der Waals surface area contributed by atoms with E-state index in [9.17, 15) is 9.90 Å². The van der Waals surface area contributed by atoms with Crippen LogP contribution in [0.5, 0.6) is 0 Å². The minimum Gasteiger partial charge on any atom is -0.480 e. The molecule has 1 aliphatic heterocycles. The number of hydrogen-bond acceptors (Lipinski definition) is 2. The highest BCUT2D eigenvalue weighted by atomic mass is 16.4. The van der Waals surface area contributed by atoms with Crippen LogP contribution in [0.1, 0.15) is 43.9 Å². The molecule has 0 aliphatic carbocycles. The first-order valence-electron chi connectivity index (χ1n) is 7.09. The molecular formula is C16H23NO2. The van der Waals surface area contributed by atoms with E-state index in [1.807, 2.05) is 6.92 Å². The molecule has 3 atom stereocenters. The summed E-state index contributed by atoms with van der Waals surface area (Å²) in [5, 5.41) is 9.45. The number of aliphatic carboxylic acids is 1. The highest BCUT2D eigenvalue weighted by Crippen LogP contribution is 2.34. The molecule has 1 aromatic rings. The normalized spacial score (nSPS) is 25.4. The summed E-state index contributed by atoms with van der Waals surface area (Å²) in [4.78, 5) is 13.7. The van der Waals surface area contributed by atoms with Crippen LogP contribution in [-0.2, 0) is 4.79 Å². The van der Waals surface area contributed by atoms with Gasteiger partial charge < -0.3 is 5.11 Å². The number of nitrogens with zero attached hydrogens (tertiary/aromatic N) is 1. The Labute approximate surface area is 115 Å². The lowest BCUT2D eigenvalue weighted by Crippen LogP contribution is -2.41. The van der Waals surface area contributed by atoms with Gasteiger partial charge in [-0.3, -0.25) is 9.69 Å². The van der Waals surface area contributed by atoms with Gasteiger partial charge in [0.1, 0.15) is 6.04 Å². The predicted octanol–water partition coefficient (Wildman–Crippen LogP) is 3.24. The van der Waals surface area contributed by atoms with Crippen molar-refractivity contribution in [1.29, 1.82) is 0 Å². The van der Waals surface area contributed by atoms with E-state index in [1.54, 1.807) is 0 Å². The van der Waals surface area contributed by atoms with Crippen LogP contribution in [0.3, 0.4) is 0 Å². The van der Waals surface area contributed by atoms with E-state index in [4.69, 9.17) is 0 Å². The van der Waals surface area contributed by atoms with Crippen LogP contribution in [0.4, 0.5) is 0 Å². The number of rotatable bonds is 4. The van der Waals surface area contributed by atoms with Gasteiger partial charge in [0, 0.05) is 6.04 Å². The summed E-state index contributed by atoms with van der Waals surface area (Å²) in [7, 11) is 0. The Kier molecular flexibility index (Phi) is 4.25. The Morgan fingerprint density at radius 3 is 2.58 bits per heavy atom. The molecule has 0 bridgehead atoms. The van der Waals surface area contributed by atoms with Crippen molar-refractivity contribution in [3.05, 3.63) is 35.4 Å². The van der Waals surface area contributed by atoms with Crippen LogP contribution in [0.15, 0.2) is 24.3 Å². The molecule has 3 nitrogen and oxygen atoms in total. The number of aryl methyl sites for hydroxylation is 1. The van der Waals surface area contributed by atoms with Crippen molar-refractivity contribution >= 4 is 5.97 Å². The predicted molar refractivity (Wildman–Crippen MR) is 76.1 cm³/mol. The fraction of sp³-hybridized carbons (Fsp3) is 0.562. The lowest BCUT2D eigenvalue weighted by Gasteiger charge is -2.32. The summed E-state index contributed by atoms with van der Waals surface area (Å²) in [6, 6.07) is 8.34. The van der Waals surface area contributed by atoms with Crippen LogP contribution < -0.4 is 0 Å². The minimum absolute atomic E-state index is 0.214. The fourth-order valence-corrected chi connectivity index (χ4v) is 3.16. The van der Waals surface area contributed by atoms with E-state index in [1.165, 1.54) is 11.1 Å². The van der Waals surface area contributed by atoms with Gasteiger partial charge in [-0.1, -0.05) is 43.7 Å². The van der Waals surface area contributed by atoms with Gasteiger partial charge in [0.15, 0.2) is 0 Å². The molecule has 0 spiro atoms. The maximum absolute atomic E-state index is 11.5. The van der Waals surface area contributed by atoms with E-state index in [-0.39, 0.29) is 18.0 Å². The second kappa shape index (κ2) is 5.74. The molecule has 2 rings (SSSR count). The average Bonchev–Trinajstić information content (AvgIpc) is 2.75. The van der Waals surface area contributed by atoms with Gasteiger partial charge in [0.05, 0.1) is 0 Å². The first-order valence-corrected chi connectivity index (χ1v) is 7.09. The topological polar surface area (TPSA) is 40.5 Å². The molecule has 0 amide bonds. The zero-order chi connectivity index (χ0) is 14.0. The molecule has 1 fully saturated rings. The van der Waals surface area contributed by atoms with Crippen LogP contribution in [0, 0.1) is 12.8 Å². The zero-order valence-electron chi connectivity index (χ0n) is 12.0. The van der Waals surface area contributed by atoms with E-state index in [0.717, 1.165) is 19.4 Å². The molecule has 0 radical (unpaired) electrons. The van der Waals surface area contributed by atoms with Gasteiger partial charge >= 0.3 is 5.97 Å². The highest BCUT2D eigenvalue weighted by molar-refractivity contribution is 5.74. The van der Waals surface area contributed by atoms with Crippen molar-refractivity contribution in [1.82, 2.24) is 4.90 Å². The number of carboxylic acids is 1. The standard InChI is InChI=1S/C16H23NO2/c1-4-14(13-7-5-11(2)6-8-13)17-10-9-12(3)15(17)16(18)19/h5-8,12,14-15H,4,9-10H2,1-3H3,(H,18,19). The van der Waals surface area contributed by atoms with Crippen molar-refractivity contribution in [2.24, 2.45) is 5.92 Å². The second-order valence-electron chi connectivity index (χ2n) is 5.62. The first kappa shape index (κ1) is 14.1. The van der Waals surface area contributed by atoms with Gasteiger partial charge in [0.2, 0.25) is 0 Å². The van der Waals surface area contributed by atoms with Crippen LogP contribution in [-0.4, -0.2) is 28.6 Å². The van der Waals surface area contributed by atoms with Gasteiger partial charge in [-0.2, -0.15) is 0 Å². The number of carboxylic acid groups (broad SMARTS) is 1.